The van der Waals surface area contributed by atoms with Gasteiger partial charge in [0.25, 0.3) is 5.91 Å². The molecule has 0 aliphatic carbocycles. The molecular weight excluding hydrogens is 626 g/mol. The molecule has 0 aromatic heterocycles. The van der Waals surface area contributed by atoms with Crippen LogP contribution in [-0.4, -0.2) is 69.3 Å². The van der Waals surface area contributed by atoms with Crippen LogP contribution in [0.2, 0.25) is 5.02 Å². The molecule has 0 saturated carbocycles. The quantitative estimate of drug-likeness (QED) is 0.325. The standard InChI is InChI=1S/C32H37ClF2N4O5S/c1-20-18-37-19-25(39(20)45(3,42)43)15-16-26-28(35)5-4-6-29(26)38(32(41)44-2)31(40)30(36)27(22-9-11-23(33)12-10-22)17-21-7-13-24(34)14-8-21/h4-14,20,25,27,30,37H,15-19,36H2,1-3H3/t20-,25-,27-,30-/m0/s1. The summed E-state index contributed by atoms with van der Waals surface area (Å²) in [4.78, 5) is 28.1. The van der Waals surface area contributed by atoms with Gasteiger partial charge >= 0.3 is 6.09 Å². The van der Waals surface area contributed by atoms with E-state index in [2.05, 4.69) is 5.32 Å². The van der Waals surface area contributed by atoms with Crippen molar-refractivity contribution in [3.8, 4) is 0 Å². The smallest absolute Gasteiger partial charge is 0.420 e. The minimum atomic E-state index is -3.56. The maximum absolute atomic E-state index is 15.5. The molecule has 2 amide bonds. The maximum atomic E-state index is 15.5. The first-order valence-corrected chi connectivity index (χ1v) is 16.7. The largest absolute Gasteiger partial charge is 0.452 e. The lowest BCUT2D eigenvalue weighted by Gasteiger charge is -2.39. The number of nitrogens with zero attached hydrogens (tertiary/aromatic N) is 2. The number of sulfonamides is 1. The lowest BCUT2D eigenvalue weighted by atomic mass is 9.85. The van der Waals surface area contributed by atoms with E-state index in [1.54, 1.807) is 43.3 Å². The van der Waals surface area contributed by atoms with Crippen LogP contribution >= 0.6 is 11.6 Å². The van der Waals surface area contributed by atoms with Crippen molar-refractivity contribution in [3.05, 3.63) is 100 Å². The number of nitrogens with two attached hydrogens (primary N) is 1. The number of carbonyl (C=O) groups excluding carboxylic acids is 2. The number of imide groups is 1. The molecule has 1 heterocycles. The summed E-state index contributed by atoms with van der Waals surface area (Å²) in [7, 11) is -2.46. The number of rotatable bonds is 10. The molecule has 1 aliphatic rings. The molecule has 45 heavy (non-hydrogen) atoms. The molecule has 1 fully saturated rings. The second kappa shape index (κ2) is 14.8. The van der Waals surface area contributed by atoms with Crippen molar-refractivity contribution < 1.29 is 31.5 Å². The van der Waals surface area contributed by atoms with Gasteiger partial charge in [0.1, 0.15) is 11.6 Å². The average molecular weight is 663 g/mol. The zero-order chi connectivity index (χ0) is 32.9. The van der Waals surface area contributed by atoms with Crippen molar-refractivity contribution in [1.29, 1.82) is 0 Å². The van der Waals surface area contributed by atoms with Gasteiger partial charge in [-0.2, -0.15) is 4.31 Å². The van der Waals surface area contributed by atoms with Crippen molar-refractivity contribution in [3.63, 3.8) is 0 Å². The van der Waals surface area contributed by atoms with Crippen LogP contribution in [0.3, 0.4) is 0 Å². The summed E-state index contributed by atoms with van der Waals surface area (Å²) in [5.74, 6) is -2.63. The summed E-state index contributed by atoms with van der Waals surface area (Å²) in [5.41, 5.74) is 7.95. The summed E-state index contributed by atoms with van der Waals surface area (Å²) in [6, 6.07) is 14.4. The van der Waals surface area contributed by atoms with Crippen molar-refractivity contribution in [2.45, 2.75) is 50.2 Å². The molecule has 1 saturated heterocycles. The molecule has 13 heteroatoms. The average Bonchev–Trinajstić information content (AvgIpc) is 3.00. The van der Waals surface area contributed by atoms with Crippen molar-refractivity contribution in [1.82, 2.24) is 9.62 Å². The molecule has 242 valence electrons. The normalized spacial score (nSPS) is 18.6. The fourth-order valence-electron chi connectivity index (χ4n) is 5.90. The second-order valence-electron chi connectivity index (χ2n) is 11.2. The van der Waals surface area contributed by atoms with Crippen LogP contribution in [0, 0.1) is 11.6 Å². The number of ether oxygens (including phenoxy) is 1. The molecule has 3 aromatic rings. The number of hydrogen-bond donors (Lipinski definition) is 2. The predicted molar refractivity (Wildman–Crippen MR) is 170 cm³/mol. The molecule has 9 nitrogen and oxygen atoms in total. The number of benzene rings is 3. The molecule has 0 radical (unpaired) electrons. The minimum absolute atomic E-state index is 0.0132. The molecule has 0 bridgehead atoms. The Hall–Kier alpha value is -3.42. The molecule has 0 unspecified atom stereocenters. The first-order valence-electron chi connectivity index (χ1n) is 14.5. The molecule has 0 spiro atoms. The lowest BCUT2D eigenvalue weighted by Crippen LogP contribution is -2.58. The molecule has 4 atom stereocenters. The van der Waals surface area contributed by atoms with E-state index in [1.807, 2.05) is 0 Å². The SMILES string of the molecule is COC(=O)N(C(=O)[C@@H](N)[C@@H](Cc1ccc(F)cc1)c1ccc(Cl)cc1)c1cccc(F)c1CC[C@H]1CNC[C@H](C)N1S(C)(=O)=O. The van der Waals surface area contributed by atoms with E-state index < -0.39 is 51.7 Å². The number of methoxy groups -OCH3 is 1. The van der Waals surface area contributed by atoms with Crippen LogP contribution in [0.1, 0.15) is 36.0 Å². The third-order valence-electron chi connectivity index (χ3n) is 8.02. The van der Waals surface area contributed by atoms with Crippen molar-refractivity contribution in [2.24, 2.45) is 5.73 Å². The van der Waals surface area contributed by atoms with Gasteiger partial charge in [0, 0.05) is 41.7 Å². The second-order valence-corrected chi connectivity index (χ2v) is 13.5. The molecule has 1 aliphatic heterocycles. The Morgan fingerprint density at radius 2 is 1.76 bits per heavy atom. The number of hydrogen-bond acceptors (Lipinski definition) is 7. The van der Waals surface area contributed by atoms with Crippen LogP contribution in [0.4, 0.5) is 19.3 Å². The Kier molecular flexibility index (Phi) is 11.3. The fraction of sp³-hybridized carbons (Fsp3) is 0.375. The van der Waals surface area contributed by atoms with Crippen molar-refractivity contribution >= 4 is 39.3 Å². The topological polar surface area (TPSA) is 122 Å². The maximum Gasteiger partial charge on any atom is 0.420 e. The summed E-state index contributed by atoms with van der Waals surface area (Å²) >= 11 is 6.10. The van der Waals surface area contributed by atoms with E-state index in [0.717, 1.165) is 18.3 Å². The van der Waals surface area contributed by atoms with Crippen LogP contribution in [-0.2, 0) is 32.4 Å². The number of anilines is 1. The van der Waals surface area contributed by atoms with Gasteiger partial charge in [-0.15, -0.1) is 0 Å². The number of piperazine rings is 1. The zero-order valence-electron chi connectivity index (χ0n) is 25.3. The van der Waals surface area contributed by atoms with Gasteiger partial charge in [-0.25, -0.2) is 26.9 Å². The third kappa shape index (κ3) is 8.25. The number of amides is 2. The van der Waals surface area contributed by atoms with E-state index in [9.17, 15) is 22.4 Å². The number of carbonyl (C=O) groups is 2. The predicted octanol–water partition coefficient (Wildman–Crippen LogP) is 4.63. The van der Waals surface area contributed by atoms with E-state index in [0.29, 0.717) is 29.2 Å². The van der Waals surface area contributed by atoms with Crippen LogP contribution in [0.25, 0.3) is 0 Å². The van der Waals surface area contributed by atoms with Crippen molar-refractivity contribution in [2.75, 3.05) is 31.4 Å². The highest BCUT2D eigenvalue weighted by atomic mass is 35.5. The van der Waals surface area contributed by atoms with E-state index >= 15 is 4.39 Å². The van der Waals surface area contributed by atoms with E-state index in [1.165, 1.54) is 34.6 Å². The molecule has 3 aromatic carbocycles. The number of nitrogens with one attached hydrogen (secondary N) is 1. The van der Waals surface area contributed by atoms with Gasteiger partial charge in [0.15, 0.2) is 0 Å². The Morgan fingerprint density at radius 3 is 2.38 bits per heavy atom. The Bertz CT molecular complexity index is 1610. The Morgan fingerprint density at radius 1 is 1.09 bits per heavy atom. The lowest BCUT2D eigenvalue weighted by molar-refractivity contribution is -0.119. The minimum Gasteiger partial charge on any atom is -0.452 e. The van der Waals surface area contributed by atoms with Gasteiger partial charge in [-0.05, 0) is 73.7 Å². The highest BCUT2D eigenvalue weighted by Crippen LogP contribution is 2.31. The highest BCUT2D eigenvalue weighted by molar-refractivity contribution is 7.88. The summed E-state index contributed by atoms with van der Waals surface area (Å²) < 4.78 is 60.6. The van der Waals surface area contributed by atoms with Gasteiger partial charge in [0.2, 0.25) is 10.0 Å². The highest BCUT2D eigenvalue weighted by Gasteiger charge is 2.38. The molecule has 3 N–H and O–H groups in total. The van der Waals surface area contributed by atoms with E-state index in [4.69, 9.17) is 22.1 Å². The van der Waals surface area contributed by atoms with Gasteiger partial charge < -0.3 is 15.8 Å². The van der Waals surface area contributed by atoms with Gasteiger partial charge in [-0.1, -0.05) is 41.9 Å². The summed E-state index contributed by atoms with van der Waals surface area (Å²) in [6.45, 7) is 2.62. The van der Waals surface area contributed by atoms with Gasteiger partial charge in [-0.3, -0.25) is 4.79 Å². The first kappa shape index (κ1) is 34.5. The fourth-order valence-corrected chi connectivity index (χ4v) is 7.47. The van der Waals surface area contributed by atoms with Gasteiger partial charge in [0.05, 0.1) is 25.1 Å². The Balaban J connectivity index is 1.70. The summed E-state index contributed by atoms with van der Waals surface area (Å²) in [6.07, 6.45) is 0.516. The first-order chi connectivity index (χ1) is 21.3. The monoisotopic (exact) mass is 662 g/mol. The third-order valence-corrected chi connectivity index (χ3v) is 9.70. The number of halogens is 3. The van der Waals surface area contributed by atoms with Crippen LogP contribution < -0.4 is 16.0 Å². The summed E-state index contributed by atoms with van der Waals surface area (Å²) in [5, 5.41) is 3.68. The van der Waals surface area contributed by atoms with Crippen LogP contribution in [0.5, 0.6) is 0 Å². The molecular formula is C32H37ClF2N4O5S. The zero-order valence-corrected chi connectivity index (χ0v) is 26.8. The van der Waals surface area contributed by atoms with Crippen LogP contribution in [0.15, 0.2) is 66.7 Å². The molecule has 4 rings (SSSR count). The Labute approximate surface area is 267 Å². The van der Waals surface area contributed by atoms with E-state index in [-0.39, 0.29) is 36.6 Å².